The number of nitrogens with zero attached hydrogens (tertiary/aromatic N) is 3. The van der Waals surface area contributed by atoms with Crippen LogP contribution in [0.1, 0.15) is 61.8 Å². The molecular formula is C21H33N5O2. The number of hydrogen-bond donors (Lipinski definition) is 2. The van der Waals surface area contributed by atoms with E-state index < -0.39 is 0 Å². The first-order chi connectivity index (χ1) is 13.6. The first kappa shape index (κ1) is 19.4. The van der Waals surface area contributed by atoms with Crippen LogP contribution in [-0.4, -0.2) is 69.8 Å². The molecule has 2 amide bonds. The van der Waals surface area contributed by atoms with Crippen molar-refractivity contribution in [3.8, 4) is 0 Å². The van der Waals surface area contributed by atoms with E-state index in [2.05, 4.69) is 32.0 Å². The van der Waals surface area contributed by atoms with Gasteiger partial charge < -0.3 is 15.2 Å². The van der Waals surface area contributed by atoms with Crippen molar-refractivity contribution in [3.05, 3.63) is 17.7 Å². The van der Waals surface area contributed by atoms with Crippen molar-refractivity contribution in [1.82, 2.24) is 25.1 Å². The van der Waals surface area contributed by atoms with Gasteiger partial charge in [0.15, 0.2) is 0 Å². The fraction of sp³-hybridized carbons (Fsp3) is 0.762. The van der Waals surface area contributed by atoms with E-state index >= 15 is 0 Å². The number of likely N-dealkylation sites (tertiary alicyclic amines) is 1. The van der Waals surface area contributed by atoms with Crippen LogP contribution in [0.15, 0.2) is 6.20 Å². The Morgan fingerprint density at radius 1 is 1.29 bits per heavy atom. The molecule has 0 saturated carbocycles. The van der Waals surface area contributed by atoms with Crippen LogP contribution in [0.4, 0.5) is 0 Å². The molecule has 0 spiro atoms. The quantitative estimate of drug-likeness (QED) is 0.809. The molecule has 154 valence electrons. The molecule has 0 aliphatic carbocycles. The van der Waals surface area contributed by atoms with Crippen molar-refractivity contribution in [3.63, 3.8) is 0 Å². The van der Waals surface area contributed by atoms with Gasteiger partial charge in [-0.3, -0.25) is 14.5 Å². The molecule has 0 unspecified atom stereocenters. The van der Waals surface area contributed by atoms with E-state index in [1.165, 1.54) is 25.7 Å². The van der Waals surface area contributed by atoms with Crippen molar-refractivity contribution < 1.29 is 9.59 Å². The molecule has 0 aromatic carbocycles. The SMILES string of the molecule is CCCC(=O)N1C[C@H]2C[C@@H](C1)[C@H](CNC(=O)c1cnc(C)[nH]1)N1CCCC[C@@H]21. The molecule has 0 radical (unpaired) electrons. The highest BCUT2D eigenvalue weighted by Gasteiger charge is 2.47. The lowest BCUT2D eigenvalue weighted by Crippen LogP contribution is -2.66. The molecule has 2 N–H and O–H groups in total. The molecule has 4 atom stereocenters. The zero-order valence-corrected chi connectivity index (χ0v) is 17.1. The summed E-state index contributed by atoms with van der Waals surface area (Å²) in [7, 11) is 0. The van der Waals surface area contributed by atoms with E-state index in [0.29, 0.717) is 48.5 Å². The van der Waals surface area contributed by atoms with Crippen molar-refractivity contribution in [1.29, 1.82) is 0 Å². The zero-order chi connectivity index (χ0) is 19.7. The van der Waals surface area contributed by atoms with Crippen molar-refractivity contribution in [2.45, 2.75) is 64.5 Å². The summed E-state index contributed by atoms with van der Waals surface area (Å²) >= 11 is 0. The summed E-state index contributed by atoms with van der Waals surface area (Å²) in [6.07, 6.45) is 8.06. The van der Waals surface area contributed by atoms with E-state index in [1.807, 2.05) is 6.92 Å². The summed E-state index contributed by atoms with van der Waals surface area (Å²) in [5.74, 6) is 1.99. The first-order valence-electron chi connectivity index (χ1n) is 10.9. The average molecular weight is 388 g/mol. The Bertz CT molecular complexity index is 717. The fourth-order valence-electron chi connectivity index (χ4n) is 5.59. The maximum absolute atomic E-state index is 12.6. The summed E-state index contributed by atoms with van der Waals surface area (Å²) in [5, 5.41) is 3.13. The molecule has 3 aliphatic heterocycles. The summed E-state index contributed by atoms with van der Waals surface area (Å²) in [6.45, 7) is 7.43. The van der Waals surface area contributed by atoms with Crippen LogP contribution in [0.2, 0.25) is 0 Å². The second-order valence-electron chi connectivity index (χ2n) is 8.77. The lowest BCUT2D eigenvalue weighted by Gasteiger charge is -2.56. The topological polar surface area (TPSA) is 81.3 Å². The standard InChI is InChI=1S/C21H33N5O2/c1-3-6-20(27)25-12-15-9-16(13-25)19(26-8-5-4-7-18(15)26)11-23-21(28)17-10-22-14(2)24-17/h10,15-16,18-19H,3-9,11-13H2,1-2H3,(H,22,24)(H,23,28)/t15-,16+,18+,19+/m1/s1. The van der Waals surface area contributed by atoms with E-state index in [9.17, 15) is 9.59 Å². The molecule has 1 aromatic rings. The Morgan fingerprint density at radius 3 is 2.86 bits per heavy atom. The number of aryl methyl sites for hydroxylation is 1. The number of aromatic nitrogens is 2. The van der Waals surface area contributed by atoms with Crippen LogP contribution >= 0.6 is 0 Å². The fourth-order valence-corrected chi connectivity index (χ4v) is 5.59. The van der Waals surface area contributed by atoms with Crippen molar-refractivity contribution in [2.75, 3.05) is 26.2 Å². The van der Waals surface area contributed by atoms with Crippen molar-refractivity contribution in [2.24, 2.45) is 11.8 Å². The number of aromatic amines is 1. The van der Waals surface area contributed by atoms with Gasteiger partial charge in [0, 0.05) is 38.1 Å². The lowest BCUT2D eigenvalue weighted by atomic mass is 9.72. The normalized spacial score (nSPS) is 30.0. The van der Waals surface area contributed by atoms with Crippen LogP contribution < -0.4 is 5.32 Å². The Balaban J connectivity index is 1.47. The molecule has 3 fully saturated rings. The van der Waals surface area contributed by atoms with E-state index in [4.69, 9.17) is 0 Å². The molecule has 28 heavy (non-hydrogen) atoms. The number of carbonyl (C=O) groups excluding carboxylic acids is 2. The smallest absolute Gasteiger partial charge is 0.269 e. The predicted molar refractivity (Wildman–Crippen MR) is 107 cm³/mol. The zero-order valence-electron chi connectivity index (χ0n) is 17.1. The number of amides is 2. The van der Waals surface area contributed by atoms with E-state index in [1.54, 1.807) is 6.20 Å². The van der Waals surface area contributed by atoms with E-state index in [-0.39, 0.29) is 5.91 Å². The Hall–Kier alpha value is -1.89. The molecular weight excluding hydrogens is 354 g/mol. The van der Waals surface area contributed by atoms with Gasteiger partial charge in [-0.2, -0.15) is 0 Å². The molecule has 3 saturated heterocycles. The Morgan fingerprint density at radius 2 is 2.11 bits per heavy atom. The van der Waals surface area contributed by atoms with Crippen LogP contribution in [0.25, 0.3) is 0 Å². The molecule has 7 heteroatoms. The largest absolute Gasteiger partial charge is 0.349 e. The monoisotopic (exact) mass is 387 g/mol. The van der Waals surface area contributed by atoms with E-state index in [0.717, 1.165) is 31.9 Å². The number of carbonyl (C=O) groups is 2. The molecule has 4 rings (SSSR count). The van der Waals surface area contributed by atoms with Gasteiger partial charge in [0.2, 0.25) is 5.91 Å². The Kier molecular flexibility index (Phi) is 5.71. The molecule has 7 nitrogen and oxygen atoms in total. The highest BCUT2D eigenvalue weighted by atomic mass is 16.2. The van der Waals surface area contributed by atoms with Crippen LogP contribution in [-0.2, 0) is 4.79 Å². The molecule has 1 aromatic heterocycles. The number of hydrogen-bond acceptors (Lipinski definition) is 4. The summed E-state index contributed by atoms with van der Waals surface area (Å²) in [5.41, 5.74) is 0.518. The van der Waals surface area contributed by atoms with Gasteiger partial charge in [0.25, 0.3) is 5.91 Å². The van der Waals surface area contributed by atoms with Gasteiger partial charge >= 0.3 is 0 Å². The van der Waals surface area contributed by atoms with Gasteiger partial charge in [-0.15, -0.1) is 0 Å². The summed E-state index contributed by atoms with van der Waals surface area (Å²) < 4.78 is 0. The average Bonchev–Trinajstić information content (AvgIpc) is 3.14. The highest BCUT2D eigenvalue weighted by molar-refractivity contribution is 5.92. The maximum Gasteiger partial charge on any atom is 0.269 e. The summed E-state index contributed by atoms with van der Waals surface area (Å²) in [6, 6.07) is 0.866. The third-order valence-corrected chi connectivity index (χ3v) is 6.86. The van der Waals surface area contributed by atoms with Gasteiger partial charge in [-0.05, 0) is 51.0 Å². The minimum Gasteiger partial charge on any atom is -0.349 e. The number of rotatable bonds is 5. The maximum atomic E-state index is 12.6. The minimum atomic E-state index is -0.0917. The number of H-pyrrole nitrogens is 1. The van der Waals surface area contributed by atoms with Gasteiger partial charge in [-0.1, -0.05) is 13.3 Å². The number of nitrogens with one attached hydrogen (secondary N) is 2. The third kappa shape index (κ3) is 3.81. The second kappa shape index (κ2) is 8.23. The Labute approximate surface area is 167 Å². The summed E-state index contributed by atoms with van der Waals surface area (Å²) in [4.78, 5) is 37.0. The minimum absolute atomic E-state index is 0.0917. The molecule has 2 bridgehead atoms. The molecule has 4 heterocycles. The van der Waals surface area contributed by atoms with Crippen LogP contribution in [0, 0.1) is 18.8 Å². The first-order valence-corrected chi connectivity index (χ1v) is 10.9. The number of piperidine rings is 3. The lowest BCUT2D eigenvalue weighted by molar-refractivity contribution is -0.140. The van der Waals surface area contributed by atoms with Gasteiger partial charge in [-0.25, -0.2) is 4.98 Å². The molecule has 3 aliphatic rings. The van der Waals surface area contributed by atoms with Crippen LogP contribution in [0.5, 0.6) is 0 Å². The second-order valence-corrected chi connectivity index (χ2v) is 8.77. The van der Waals surface area contributed by atoms with Crippen LogP contribution in [0.3, 0.4) is 0 Å². The predicted octanol–water partition coefficient (Wildman–Crippen LogP) is 1.95. The van der Waals surface area contributed by atoms with Gasteiger partial charge in [0.05, 0.1) is 6.20 Å². The van der Waals surface area contributed by atoms with Crippen molar-refractivity contribution >= 4 is 11.8 Å². The third-order valence-electron chi connectivity index (χ3n) is 6.86. The number of imidazole rings is 1. The van der Waals surface area contributed by atoms with Gasteiger partial charge in [0.1, 0.15) is 11.5 Å². The highest BCUT2D eigenvalue weighted by Crippen LogP contribution is 2.41. The number of fused-ring (bicyclic) bond motifs is 4.